The van der Waals surface area contributed by atoms with Crippen LogP contribution in [0.5, 0.6) is 0 Å². The predicted molar refractivity (Wildman–Crippen MR) is 65.1 cm³/mol. The van der Waals surface area contributed by atoms with Gasteiger partial charge in [0.2, 0.25) is 0 Å². The van der Waals surface area contributed by atoms with Gasteiger partial charge in [0.15, 0.2) is 0 Å². The molecule has 2 heteroatoms. The van der Waals surface area contributed by atoms with Gasteiger partial charge in [-0.3, -0.25) is 4.98 Å². The maximum Gasteiger partial charge on any atom is 0.0689 e. The zero-order valence-corrected chi connectivity index (χ0v) is 9.57. The smallest absolute Gasteiger partial charge is 0.0689 e. The van der Waals surface area contributed by atoms with E-state index in [-0.39, 0.29) is 6.61 Å². The van der Waals surface area contributed by atoms with Crippen LogP contribution in [0.3, 0.4) is 0 Å². The Morgan fingerprint density at radius 3 is 2.62 bits per heavy atom. The average Bonchev–Trinajstić information content (AvgIpc) is 2.29. The molecule has 0 unspecified atom stereocenters. The van der Waals surface area contributed by atoms with Gasteiger partial charge in [-0.25, -0.2) is 0 Å². The van der Waals surface area contributed by atoms with Crippen LogP contribution >= 0.6 is 0 Å². The molecule has 0 amide bonds. The second kappa shape index (κ2) is 4.45. The van der Waals surface area contributed by atoms with E-state index in [9.17, 15) is 5.11 Å². The fourth-order valence-electron chi connectivity index (χ4n) is 1.92. The first-order valence-electron chi connectivity index (χ1n) is 5.33. The Morgan fingerprint density at radius 2 is 1.94 bits per heavy atom. The van der Waals surface area contributed by atoms with E-state index in [0.717, 1.165) is 16.7 Å². The normalized spacial score (nSPS) is 10.4. The van der Waals surface area contributed by atoms with Gasteiger partial charge in [-0.2, -0.15) is 0 Å². The maximum absolute atomic E-state index is 9.30. The molecule has 0 aliphatic heterocycles. The fraction of sp³-hybridized carbons (Fsp3) is 0.214. The van der Waals surface area contributed by atoms with Crippen molar-refractivity contribution in [2.75, 3.05) is 0 Å². The van der Waals surface area contributed by atoms with Crippen molar-refractivity contribution in [3.63, 3.8) is 0 Å². The van der Waals surface area contributed by atoms with Gasteiger partial charge in [0, 0.05) is 18.0 Å². The minimum atomic E-state index is 0.0468. The van der Waals surface area contributed by atoms with Crippen LogP contribution < -0.4 is 0 Å². The second-order valence-electron chi connectivity index (χ2n) is 4.01. The van der Waals surface area contributed by atoms with Crippen LogP contribution in [-0.2, 0) is 6.61 Å². The van der Waals surface area contributed by atoms with Crippen LogP contribution in [0.25, 0.3) is 11.1 Å². The van der Waals surface area contributed by atoms with Crippen LogP contribution in [-0.4, -0.2) is 10.1 Å². The lowest BCUT2D eigenvalue weighted by molar-refractivity contribution is 0.282. The first-order chi connectivity index (χ1) is 7.72. The highest BCUT2D eigenvalue weighted by atomic mass is 16.3. The lowest BCUT2D eigenvalue weighted by atomic mass is 9.97. The third-order valence-electron chi connectivity index (χ3n) is 2.75. The third-order valence-corrected chi connectivity index (χ3v) is 2.75. The zero-order valence-electron chi connectivity index (χ0n) is 9.57. The molecule has 2 rings (SSSR count). The summed E-state index contributed by atoms with van der Waals surface area (Å²) in [7, 11) is 0. The van der Waals surface area contributed by atoms with Gasteiger partial charge in [0.25, 0.3) is 0 Å². The monoisotopic (exact) mass is 213 g/mol. The number of aryl methyl sites for hydroxylation is 2. The first kappa shape index (κ1) is 10.8. The molecular weight excluding hydrogens is 198 g/mol. The van der Waals surface area contributed by atoms with Gasteiger partial charge in [-0.15, -0.1) is 0 Å². The summed E-state index contributed by atoms with van der Waals surface area (Å²) in [6, 6.07) is 8.16. The van der Waals surface area contributed by atoms with Gasteiger partial charge in [-0.05, 0) is 36.6 Å². The summed E-state index contributed by atoms with van der Waals surface area (Å²) >= 11 is 0. The van der Waals surface area contributed by atoms with Crippen LogP contribution in [0, 0.1) is 13.8 Å². The van der Waals surface area contributed by atoms with Crippen LogP contribution in [0.15, 0.2) is 36.7 Å². The van der Waals surface area contributed by atoms with E-state index in [4.69, 9.17) is 0 Å². The number of rotatable bonds is 2. The van der Waals surface area contributed by atoms with Crippen molar-refractivity contribution in [3.05, 3.63) is 53.3 Å². The highest BCUT2D eigenvalue weighted by molar-refractivity contribution is 5.69. The number of aliphatic hydroxyl groups is 1. The van der Waals surface area contributed by atoms with Crippen molar-refractivity contribution in [1.82, 2.24) is 4.98 Å². The molecule has 1 heterocycles. The van der Waals surface area contributed by atoms with Crippen LogP contribution in [0.2, 0.25) is 0 Å². The van der Waals surface area contributed by atoms with E-state index < -0.39 is 0 Å². The van der Waals surface area contributed by atoms with Crippen LogP contribution in [0.4, 0.5) is 0 Å². The Labute approximate surface area is 95.6 Å². The van der Waals surface area contributed by atoms with Crippen molar-refractivity contribution in [2.45, 2.75) is 20.5 Å². The van der Waals surface area contributed by atoms with E-state index in [1.165, 1.54) is 11.1 Å². The van der Waals surface area contributed by atoms with Crippen LogP contribution in [0.1, 0.15) is 16.7 Å². The molecule has 0 radical (unpaired) electrons. The van der Waals surface area contributed by atoms with Gasteiger partial charge in [-0.1, -0.05) is 23.8 Å². The summed E-state index contributed by atoms with van der Waals surface area (Å²) < 4.78 is 0. The molecule has 2 aromatic rings. The zero-order chi connectivity index (χ0) is 11.5. The number of hydrogen-bond donors (Lipinski definition) is 1. The summed E-state index contributed by atoms with van der Waals surface area (Å²) in [6.45, 7) is 4.20. The Kier molecular flexibility index (Phi) is 3.02. The summed E-state index contributed by atoms with van der Waals surface area (Å²) in [5.74, 6) is 0. The quantitative estimate of drug-likeness (QED) is 0.832. The third kappa shape index (κ3) is 1.97. The summed E-state index contributed by atoms with van der Waals surface area (Å²) in [5.41, 5.74) is 5.53. The van der Waals surface area contributed by atoms with Crippen molar-refractivity contribution in [1.29, 1.82) is 0 Å². The topological polar surface area (TPSA) is 33.1 Å². The lowest BCUT2D eigenvalue weighted by Crippen LogP contribution is -1.92. The molecule has 0 bridgehead atoms. The van der Waals surface area contributed by atoms with E-state index in [1.807, 2.05) is 12.3 Å². The summed E-state index contributed by atoms with van der Waals surface area (Å²) in [6.07, 6.45) is 3.52. The molecule has 0 spiro atoms. The van der Waals surface area contributed by atoms with Crippen molar-refractivity contribution in [2.24, 2.45) is 0 Å². The van der Waals surface area contributed by atoms with E-state index in [0.29, 0.717) is 0 Å². The Morgan fingerprint density at radius 1 is 1.12 bits per heavy atom. The number of hydrogen-bond acceptors (Lipinski definition) is 2. The minimum absolute atomic E-state index is 0.0468. The largest absolute Gasteiger partial charge is 0.392 e. The van der Waals surface area contributed by atoms with E-state index in [2.05, 4.69) is 37.0 Å². The summed E-state index contributed by atoms with van der Waals surface area (Å²) in [5, 5.41) is 9.30. The van der Waals surface area contributed by atoms with Gasteiger partial charge in [0.1, 0.15) is 0 Å². The highest BCUT2D eigenvalue weighted by Gasteiger charge is 2.06. The molecule has 1 aromatic carbocycles. The van der Waals surface area contributed by atoms with E-state index >= 15 is 0 Å². The first-order valence-corrected chi connectivity index (χ1v) is 5.33. The predicted octanol–water partition coefficient (Wildman–Crippen LogP) is 2.86. The van der Waals surface area contributed by atoms with Gasteiger partial charge in [0.05, 0.1) is 6.61 Å². The molecule has 1 aromatic heterocycles. The minimum Gasteiger partial charge on any atom is -0.392 e. The van der Waals surface area contributed by atoms with Crippen molar-refractivity contribution in [3.8, 4) is 11.1 Å². The Hall–Kier alpha value is -1.67. The number of benzene rings is 1. The molecule has 0 fully saturated rings. The Bertz CT molecular complexity index is 506. The molecular formula is C14H15NO. The maximum atomic E-state index is 9.30. The van der Waals surface area contributed by atoms with E-state index in [1.54, 1.807) is 6.20 Å². The molecule has 0 aliphatic carbocycles. The number of aromatic nitrogens is 1. The fourth-order valence-corrected chi connectivity index (χ4v) is 1.92. The molecule has 16 heavy (non-hydrogen) atoms. The molecule has 0 aliphatic rings. The van der Waals surface area contributed by atoms with Gasteiger partial charge >= 0.3 is 0 Å². The molecule has 82 valence electrons. The number of pyridine rings is 1. The number of aliphatic hydroxyl groups excluding tert-OH is 1. The average molecular weight is 213 g/mol. The molecule has 2 nitrogen and oxygen atoms in total. The molecule has 1 N–H and O–H groups in total. The summed E-state index contributed by atoms with van der Waals surface area (Å²) in [4.78, 5) is 4.12. The molecule has 0 atom stereocenters. The van der Waals surface area contributed by atoms with Gasteiger partial charge < -0.3 is 5.11 Å². The highest BCUT2D eigenvalue weighted by Crippen LogP contribution is 2.26. The second-order valence-corrected chi connectivity index (χ2v) is 4.01. The Balaban J connectivity index is 2.58. The SMILES string of the molecule is Cc1ccc(-c2cnccc2CO)c(C)c1. The van der Waals surface area contributed by atoms with Crippen molar-refractivity contribution < 1.29 is 5.11 Å². The molecule has 0 saturated heterocycles. The lowest BCUT2D eigenvalue weighted by Gasteiger charge is -2.10. The van der Waals surface area contributed by atoms with Crippen molar-refractivity contribution >= 4 is 0 Å². The standard InChI is InChI=1S/C14H15NO/c1-10-3-4-13(11(2)7-10)14-8-15-6-5-12(14)9-16/h3-8,16H,9H2,1-2H3. The molecule has 0 saturated carbocycles. The number of nitrogens with zero attached hydrogens (tertiary/aromatic N) is 1.